The van der Waals surface area contributed by atoms with Gasteiger partial charge in [-0.05, 0) is 12.1 Å². The number of methoxy groups -OCH3 is 1. The van der Waals surface area contributed by atoms with E-state index in [-0.39, 0.29) is 5.70 Å². The molecule has 1 rings (SSSR count). The Morgan fingerprint density at radius 3 is 2.61 bits per heavy atom. The van der Waals surface area contributed by atoms with Gasteiger partial charge >= 0.3 is 5.97 Å². The first-order valence-corrected chi connectivity index (χ1v) is 6.52. The van der Waals surface area contributed by atoms with Gasteiger partial charge in [-0.25, -0.2) is 17.6 Å². The van der Waals surface area contributed by atoms with Crippen LogP contribution in [0.5, 0.6) is 0 Å². The van der Waals surface area contributed by atoms with Gasteiger partial charge in [-0.1, -0.05) is 18.7 Å². The second kappa shape index (κ2) is 5.63. The second-order valence-electron chi connectivity index (χ2n) is 3.34. The van der Waals surface area contributed by atoms with Crippen molar-refractivity contribution in [1.29, 1.82) is 0 Å². The van der Waals surface area contributed by atoms with Crippen molar-refractivity contribution in [2.24, 2.45) is 0 Å². The van der Waals surface area contributed by atoms with Gasteiger partial charge in [0.25, 0.3) is 0 Å². The summed E-state index contributed by atoms with van der Waals surface area (Å²) in [5.41, 5.74) is -0.211. The number of rotatable bonds is 5. The molecule has 0 heterocycles. The van der Waals surface area contributed by atoms with Crippen molar-refractivity contribution >= 4 is 15.8 Å². The van der Waals surface area contributed by atoms with Crippen LogP contribution < -0.4 is 5.32 Å². The van der Waals surface area contributed by atoms with E-state index in [2.05, 4.69) is 16.6 Å². The molecule has 1 aromatic rings. The first-order chi connectivity index (χ1) is 8.38. The smallest absolute Gasteiger partial charge is 0.353 e. The Morgan fingerprint density at radius 1 is 1.44 bits per heavy atom. The maximum Gasteiger partial charge on any atom is 0.353 e. The standard InChI is InChI=1S/C11H12FNO4S/c1-8(11(14)17-2)13-7-18(15,16)10-6-4-3-5-9(10)12/h3-6,13H,1,7H2,2H3. The van der Waals surface area contributed by atoms with Gasteiger partial charge in [-0.2, -0.15) is 0 Å². The minimum absolute atomic E-state index is 0.211. The van der Waals surface area contributed by atoms with E-state index in [1.165, 1.54) is 12.1 Å². The number of nitrogens with one attached hydrogen (secondary N) is 1. The highest BCUT2D eigenvalue weighted by atomic mass is 32.2. The lowest BCUT2D eigenvalue weighted by molar-refractivity contribution is -0.136. The molecule has 5 nitrogen and oxygen atoms in total. The highest BCUT2D eigenvalue weighted by Crippen LogP contribution is 2.14. The van der Waals surface area contributed by atoms with E-state index in [0.29, 0.717) is 0 Å². The van der Waals surface area contributed by atoms with E-state index in [1.807, 2.05) is 0 Å². The number of ether oxygens (including phenoxy) is 1. The van der Waals surface area contributed by atoms with E-state index >= 15 is 0 Å². The molecule has 0 spiro atoms. The third-order valence-corrected chi connectivity index (χ3v) is 3.60. The summed E-state index contributed by atoms with van der Waals surface area (Å²) in [4.78, 5) is 10.5. The van der Waals surface area contributed by atoms with E-state index in [4.69, 9.17) is 0 Å². The Labute approximate surface area is 104 Å². The van der Waals surface area contributed by atoms with Crippen molar-refractivity contribution in [3.8, 4) is 0 Å². The van der Waals surface area contributed by atoms with E-state index in [0.717, 1.165) is 19.2 Å². The predicted molar refractivity (Wildman–Crippen MR) is 62.7 cm³/mol. The normalized spacial score (nSPS) is 10.8. The van der Waals surface area contributed by atoms with Gasteiger partial charge in [0.2, 0.25) is 0 Å². The first-order valence-electron chi connectivity index (χ1n) is 4.87. The minimum Gasteiger partial charge on any atom is -0.464 e. The van der Waals surface area contributed by atoms with Crippen LogP contribution in [-0.2, 0) is 19.4 Å². The molecule has 1 N–H and O–H groups in total. The van der Waals surface area contributed by atoms with Gasteiger partial charge in [0, 0.05) is 0 Å². The molecule has 0 bridgehead atoms. The number of carbonyl (C=O) groups excluding carboxylic acids is 1. The highest BCUT2D eigenvalue weighted by molar-refractivity contribution is 7.91. The van der Waals surface area contributed by atoms with Crippen LogP contribution in [0.25, 0.3) is 0 Å². The molecular weight excluding hydrogens is 261 g/mol. The number of carbonyl (C=O) groups is 1. The summed E-state index contributed by atoms with van der Waals surface area (Å²) in [6.07, 6.45) is 0. The van der Waals surface area contributed by atoms with Crippen molar-refractivity contribution in [3.63, 3.8) is 0 Å². The van der Waals surface area contributed by atoms with Crippen molar-refractivity contribution in [1.82, 2.24) is 5.32 Å². The Bertz CT molecular complexity index is 568. The fourth-order valence-corrected chi connectivity index (χ4v) is 2.32. The summed E-state index contributed by atoms with van der Waals surface area (Å²) in [6, 6.07) is 4.98. The van der Waals surface area contributed by atoms with Crippen LogP contribution in [0.2, 0.25) is 0 Å². The number of esters is 1. The third-order valence-electron chi connectivity index (χ3n) is 2.08. The number of benzene rings is 1. The zero-order valence-electron chi connectivity index (χ0n) is 9.64. The summed E-state index contributed by atoms with van der Waals surface area (Å²) in [6.45, 7) is 3.30. The molecule has 7 heteroatoms. The number of hydrogen-bond donors (Lipinski definition) is 1. The summed E-state index contributed by atoms with van der Waals surface area (Å²) < 4.78 is 41.2. The average molecular weight is 273 g/mol. The van der Waals surface area contributed by atoms with Gasteiger partial charge in [-0.3, -0.25) is 0 Å². The van der Waals surface area contributed by atoms with Gasteiger partial charge in [0.05, 0.1) is 7.11 Å². The van der Waals surface area contributed by atoms with Crippen LogP contribution in [0.3, 0.4) is 0 Å². The predicted octanol–water partition coefficient (Wildman–Crippen LogP) is 0.833. The molecular formula is C11H12FNO4S. The van der Waals surface area contributed by atoms with E-state index < -0.39 is 32.4 Å². The molecule has 0 radical (unpaired) electrons. The van der Waals surface area contributed by atoms with E-state index in [1.54, 1.807) is 0 Å². The molecule has 0 aromatic heterocycles. The molecule has 0 aliphatic carbocycles. The Kier molecular flexibility index (Phi) is 4.43. The summed E-state index contributed by atoms with van der Waals surface area (Å²) >= 11 is 0. The number of halogens is 1. The molecule has 0 saturated carbocycles. The van der Waals surface area contributed by atoms with Crippen molar-refractivity contribution < 1.29 is 22.3 Å². The molecule has 18 heavy (non-hydrogen) atoms. The zero-order chi connectivity index (χ0) is 13.8. The zero-order valence-corrected chi connectivity index (χ0v) is 10.5. The maximum absolute atomic E-state index is 13.3. The highest BCUT2D eigenvalue weighted by Gasteiger charge is 2.19. The van der Waals surface area contributed by atoms with Crippen molar-refractivity contribution in [2.45, 2.75) is 4.90 Å². The minimum atomic E-state index is -3.88. The Hall–Kier alpha value is -1.89. The van der Waals surface area contributed by atoms with Crippen molar-refractivity contribution in [3.05, 3.63) is 42.4 Å². The van der Waals surface area contributed by atoms with Gasteiger partial charge < -0.3 is 10.1 Å². The molecule has 0 atom stereocenters. The SMILES string of the molecule is C=C(NCS(=O)(=O)c1ccccc1F)C(=O)OC. The van der Waals surface area contributed by atoms with Crippen LogP contribution in [0, 0.1) is 5.82 Å². The van der Waals surface area contributed by atoms with Gasteiger partial charge in [0.15, 0.2) is 9.84 Å². The topological polar surface area (TPSA) is 72.5 Å². The lowest BCUT2D eigenvalue weighted by atomic mass is 10.3. The van der Waals surface area contributed by atoms with Crippen LogP contribution >= 0.6 is 0 Å². The molecule has 0 aliphatic rings. The summed E-state index contributed by atoms with van der Waals surface area (Å²) in [5, 5.41) is 2.28. The van der Waals surface area contributed by atoms with E-state index in [9.17, 15) is 17.6 Å². The van der Waals surface area contributed by atoms with Crippen LogP contribution in [-0.4, -0.2) is 27.4 Å². The number of sulfone groups is 1. The summed E-state index contributed by atoms with van der Waals surface area (Å²) in [7, 11) is -2.74. The number of hydrogen-bond acceptors (Lipinski definition) is 5. The fourth-order valence-electron chi connectivity index (χ4n) is 1.15. The molecule has 98 valence electrons. The van der Waals surface area contributed by atoms with Gasteiger partial charge in [-0.15, -0.1) is 0 Å². The lowest BCUT2D eigenvalue weighted by Crippen LogP contribution is -2.27. The summed E-state index contributed by atoms with van der Waals surface area (Å²) in [5.74, 6) is -2.26. The van der Waals surface area contributed by atoms with Crippen LogP contribution in [0.4, 0.5) is 4.39 Å². The Balaban J connectivity index is 2.82. The largest absolute Gasteiger partial charge is 0.464 e. The van der Waals surface area contributed by atoms with Crippen LogP contribution in [0.1, 0.15) is 0 Å². The average Bonchev–Trinajstić information content (AvgIpc) is 2.35. The monoisotopic (exact) mass is 273 g/mol. The van der Waals surface area contributed by atoms with Crippen molar-refractivity contribution in [2.75, 3.05) is 13.0 Å². The maximum atomic E-state index is 13.3. The molecule has 0 unspecified atom stereocenters. The fraction of sp³-hybridized carbons (Fsp3) is 0.182. The molecule has 0 saturated heterocycles. The quantitative estimate of drug-likeness (QED) is 0.635. The lowest BCUT2D eigenvalue weighted by Gasteiger charge is -2.09. The molecule has 1 aromatic carbocycles. The first kappa shape index (κ1) is 14.2. The second-order valence-corrected chi connectivity index (χ2v) is 5.29. The van der Waals surface area contributed by atoms with Crippen LogP contribution in [0.15, 0.2) is 41.4 Å². The Morgan fingerprint density at radius 2 is 2.06 bits per heavy atom. The third kappa shape index (κ3) is 3.30. The van der Waals surface area contributed by atoms with Gasteiger partial charge in [0.1, 0.15) is 22.3 Å². The molecule has 0 amide bonds. The molecule has 0 aliphatic heterocycles. The molecule has 0 fully saturated rings.